The van der Waals surface area contributed by atoms with Gasteiger partial charge in [-0.1, -0.05) is 11.6 Å². The normalized spacial score (nSPS) is 21.5. The molecule has 42 heavy (non-hydrogen) atoms. The van der Waals surface area contributed by atoms with Crippen molar-refractivity contribution in [3.8, 4) is 17.2 Å². The number of hydrogen-bond donors (Lipinski definition) is 2. The number of ether oxygens (including phenoxy) is 3. The van der Waals surface area contributed by atoms with Gasteiger partial charge in [0.05, 0.1) is 12.1 Å². The van der Waals surface area contributed by atoms with E-state index in [-0.39, 0.29) is 36.0 Å². The molecule has 9 nitrogen and oxygen atoms in total. The third-order valence-corrected chi connectivity index (χ3v) is 8.17. The van der Waals surface area contributed by atoms with Gasteiger partial charge in [0.15, 0.2) is 0 Å². The summed E-state index contributed by atoms with van der Waals surface area (Å²) in [5, 5.41) is 21.3. The lowest BCUT2D eigenvalue weighted by molar-refractivity contribution is -0.189. The number of hydrogen-bond acceptors (Lipinski definition) is 8. The summed E-state index contributed by atoms with van der Waals surface area (Å²) in [5.41, 5.74) is 0.668. The fourth-order valence-corrected chi connectivity index (χ4v) is 6.01. The monoisotopic (exact) mass is 612 g/mol. The van der Waals surface area contributed by atoms with Crippen LogP contribution in [0.25, 0.3) is 0 Å². The van der Waals surface area contributed by atoms with Crippen LogP contribution in [0, 0.1) is 5.92 Å². The van der Waals surface area contributed by atoms with E-state index in [0.29, 0.717) is 50.5 Å². The van der Waals surface area contributed by atoms with Crippen LogP contribution in [0.4, 0.5) is 13.2 Å². The van der Waals surface area contributed by atoms with Crippen LogP contribution in [0.3, 0.4) is 0 Å². The molecular weight excluding hydrogens is 581 g/mol. The SMILES string of the molecule is C[C@@](O)(CN1CCC2(CC1)Cc1cc(Cl)ccc1O2)Oc1cc(OC(=O)C(F)(F)F)ccc1C(=O)N1CCC(CO)C1. The fraction of sp³-hybridized carbons (Fsp3) is 0.517. The molecule has 5 rings (SSSR count). The zero-order chi connectivity index (χ0) is 30.3. The van der Waals surface area contributed by atoms with Gasteiger partial charge in [-0.15, -0.1) is 0 Å². The van der Waals surface area contributed by atoms with Crippen LogP contribution in [0.2, 0.25) is 5.02 Å². The lowest BCUT2D eigenvalue weighted by Crippen LogP contribution is -2.52. The number of aliphatic hydroxyl groups is 2. The average Bonchev–Trinajstić information content (AvgIpc) is 3.53. The number of benzene rings is 2. The van der Waals surface area contributed by atoms with Crippen LogP contribution in [0.5, 0.6) is 17.2 Å². The van der Waals surface area contributed by atoms with E-state index < -0.39 is 29.6 Å². The second kappa shape index (κ2) is 11.6. The van der Waals surface area contributed by atoms with Gasteiger partial charge in [0, 0.05) is 76.0 Å². The Morgan fingerprint density at radius 2 is 1.88 bits per heavy atom. The number of fused-ring (bicyclic) bond motifs is 1. The molecule has 228 valence electrons. The molecule has 2 fully saturated rings. The largest absolute Gasteiger partial charge is 0.491 e. The van der Waals surface area contributed by atoms with Gasteiger partial charge >= 0.3 is 12.1 Å². The second-order valence-corrected chi connectivity index (χ2v) is 11.8. The Labute approximate surface area is 245 Å². The predicted octanol–water partition coefficient (Wildman–Crippen LogP) is 3.82. The maximum Gasteiger partial charge on any atom is 0.491 e. The Morgan fingerprint density at radius 3 is 2.55 bits per heavy atom. The van der Waals surface area contributed by atoms with Gasteiger partial charge in [-0.3, -0.25) is 9.69 Å². The molecule has 0 saturated carbocycles. The molecule has 0 aromatic heterocycles. The van der Waals surface area contributed by atoms with Crippen molar-refractivity contribution in [2.75, 3.05) is 39.3 Å². The summed E-state index contributed by atoms with van der Waals surface area (Å²) in [4.78, 5) is 28.2. The van der Waals surface area contributed by atoms with E-state index in [4.69, 9.17) is 21.1 Å². The third-order valence-electron chi connectivity index (χ3n) is 7.93. The maximum absolute atomic E-state index is 13.3. The molecule has 2 N–H and O–H groups in total. The molecule has 3 aliphatic heterocycles. The Balaban J connectivity index is 1.29. The van der Waals surface area contributed by atoms with Gasteiger partial charge in [-0.2, -0.15) is 13.2 Å². The summed E-state index contributed by atoms with van der Waals surface area (Å²) in [7, 11) is 0. The van der Waals surface area contributed by atoms with Gasteiger partial charge in [0.1, 0.15) is 22.8 Å². The summed E-state index contributed by atoms with van der Waals surface area (Å²) in [6, 6.07) is 8.81. The minimum atomic E-state index is -5.22. The van der Waals surface area contributed by atoms with Crippen molar-refractivity contribution in [1.29, 1.82) is 0 Å². The van der Waals surface area contributed by atoms with E-state index in [1.807, 2.05) is 17.0 Å². The van der Waals surface area contributed by atoms with Crippen molar-refractivity contribution in [2.24, 2.45) is 5.92 Å². The number of esters is 1. The predicted molar refractivity (Wildman–Crippen MR) is 145 cm³/mol. The standard InChI is InChI=1S/C29H32ClF3N2O7/c1-27(39,17-34-10-7-28(8-11-34)14-19-12-20(30)2-5-23(19)42-28)41-24-13-21(40-26(38)29(31,32)33)3-4-22(24)25(37)35-9-6-18(15-35)16-36/h2-5,12-13,18,36,39H,6-11,14-17H2,1H3/t18?,27-/m0/s1. The minimum absolute atomic E-state index is 0.0194. The van der Waals surface area contributed by atoms with Gasteiger partial charge in [-0.25, -0.2) is 4.79 Å². The molecule has 3 aliphatic rings. The van der Waals surface area contributed by atoms with Crippen LogP contribution < -0.4 is 14.2 Å². The first-order valence-electron chi connectivity index (χ1n) is 13.7. The quantitative estimate of drug-likeness (QED) is 0.276. The number of alkyl halides is 3. The smallest absolute Gasteiger partial charge is 0.487 e. The van der Waals surface area contributed by atoms with Gasteiger partial charge < -0.3 is 29.3 Å². The Kier molecular flexibility index (Phi) is 8.36. The van der Waals surface area contributed by atoms with Crippen molar-refractivity contribution in [3.63, 3.8) is 0 Å². The summed E-state index contributed by atoms with van der Waals surface area (Å²) >= 11 is 6.13. The average molecular weight is 613 g/mol. The van der Waals surface area contributed by atoms with E-state index in [9.17, 15) is 33.0 Å². The molecule has 2 aromatic carbocycles. The highest BCUT2D eigenvalue weighted by atomic mass is 35.5. The molecule has 0 aliphatic carbocycles. The van der Waals surface area contributed by atoms with Crippen molar-refractivity contribution in [1.82, 2.24) is 9.80 Å². The highest BCUT2D eigenvalue weighted by Gasteiger charge is 2.44. The summed E-state index contributed by atoms with van der Waals surface area (Å²) < 4.78 is 55.0. The van der Waals surface area contributed by atoms with Crippen LogP contribution in [-0.2, 0) is 11.2 Å². The minimum Gasteiger partial charge on any atom is -0.487 e. The zero-order valence-electron chi connectivity index (χ0n) is 23.0. The number of β-amino-alcohol motifs (C(OH)–C–C–N with tert-alkyl or cyclic N) is 1. The number of likely N-dealkylation sites (tertiary alicyclic amines) is 2. The number of carbonyl (C=O) groups excluding carboxylic acids is 2. The molecule has 1 unspecified atom stereocenters. The van der Waals surface area contributed by atoms with Crippen molar-refractivity contribution in [2.45, 2.75) is 50.2 Å². The first-order chi connectivity index (χ1) is 19.8. The lowest BCUT2D eigenvalue weighted by Gasteiger charge is -2.41. The Bertz CT molecular complexity index is 1340. The van der Waals surface area contributed by atoms with Gasteiger partial charge in [0.25, 0.3) is 5.91 Å². The van der Waals surface area contributed by atoms with Gasteiger partial charge in [-0.05, 0) is 42.3 Å². The third kappa shape index (κ3) is 6.77. The fourth-order valence-electron chi connectivity index (χ4n) is 5.81. The highest BCUT2D eigenvalue weighted by molar-refractivity contribution is 6.30. The van der Waals surface area contributed by atoms with Crippen molar-refractivity contribution in [3.05, 3.63) is 52.5 Å². The first-order valence-corrected chi connectivity index (χ1v) is 14.1. The molecular formula is C29H32ClF3N2O7. The molecule has 2 saturated heterocycles. The number of halogens is 4. The Morgan fingerprint density at radius 1 is 1.14 bits per heavy atom. The van der Waals surface area contributed by atoms with E-state index in [1.54, 1.807) is 6.07 Å². The molecule has 3 heterocycles. The van der Waals surface area contributed by atoms with Crippen molar-refractivity contribution < 1.29 is 47.2 Å². The molecule has 13 heteroatoms. The number of carbonyl (C=O) groups is 2. The van der Waals surface area contributed by atoms with E-state index in [1.165, 1.54) is 17.9 Å². The molecule has 1 amide bonds. The molecule has 0 radical (unpaired) electrons. The molecule has 2 aromatic rings. The van der Waals surface area contributed by atoms with Crippen LogP contribution in [0.15, 0.2) is 36.4 Å². The first kappa shape index (κ1) is 30.4. The lowest BCUT2D eigenvalue weighted by atomic mass is 9.87. The Hall–Kier alpha value is -3.06. The topological polar surface area (TPSA) is 109 Å². The van der Waals surface area contributed by atoms with E-state index in [2.05, 4.69) is 4.74 Å². The summed E-state index contributed by atoms with van der Waals surface area (Å²) in [6.45, 7) is 3.15. The molecule has 0 bridgehead atoms. The highest BCUT2D eigenvalue weighted by Crippen LogP contribution is 2.42. The van der Waals surface area contributed by atoms with E-state index in [0.717, 1.165) is 29.9 Å². The molecule has 1 spiro atoms. The number of aliphatic hydroxyl groups excluding tert-OH is 1. The number of nitrogens with zero attached hydrogens (tertiary/aromatic N) is 2. The van der Waals surface area contributed by atoms with Crippen LogP contribution in [0.1, 0.15) is 42.1 Å². The van der Waals surface area contributed by atoms with Crippen molar-refractivity contribution >= 4 is 23.5 Å². The zero-order valence-corrected chi connectivity index (χ0v) is 23.7. The second-order valence-electron chi connectivity index (χ2n) is 11.4. The summed E-state index contributed by atoms with van der Waals surface area (Å²) in [6.07, 6.45) is -2.54. The number of amides is 1. The maximum atomic E-state index is 13.3. The van der Waals surface area contributed by atoms with Gasteiger partial charge in [0.2, 0.25) is 5.79 Å². The number of piperidine rings is 1. The van der Waals surface area contributed by atoms with Crippen LogP contribution in [-0.4, -0.2) is 88.8 Å². The number of rotatable bonds is 7. The summed E-state index contributed by atoms with van der Waals surface area (Å²) in [5.74, 6) is -4.78. The molecule has 2 atom stereocenters. The van der Waals surface area contributed by atoms with Crippen LogP contribution >= 0.6 is 11.6 Å². The van der Waals surface area contributed by atoms with E-state index >= 15 is 0 Å².